The van der Waals surface area contributed by atoms with Gasteiger partial charge in [0.15, 0.2) is 11.0 Å². The highest BCUT2D eigenvalue weighted by Crippen LogP contribution is 2.37. The molecule has 1 aliphatic rings. The van der Waals surface area contributed by atoms with Gasteiger partial charge in [-0.15, -0.1) is 10.2 Å². The lowest BCUT2D eigenvalue weighted by atomic mass is 10.1. The number of rotatable bonds is 2. The summed E-state index contributed by atoms with van der Waals surface area (Å²) in [6.45, 7) is 0. The first kappa shape index (κ1) is 11.9. The molecule has 6 heteroatoms. The molecular weight excluding hydrogens is 266 g/mol. The summed E-state index contributed by atoms with van der Waals surface area (Å²) in [7, 11) is 0. The first-order valence-electron chi connectivity index (χ1n) is 5.76. The Morgan fingerprint density at radius 3 is 2.74 bits per heavy atom. The number of aliphatic carboxylic acids is 1. The van der Waals surface area contributed by atoms with E-state index in [1.165, 1.54) is 0 Å². The topological polar surface area (TPSA) is 66.3 Å². The SMILES string of the molecule is O=C(O)C1Cc2ccccc2N1c1ccc(Cl)nn1. The number of hydrogen-bond donors (Lipinski definition) is 1. The number of carboxylic acids is 1. The fourth-order valence-electron chi connectivity index (χ4n) is 2.30. The fraction of sp³-hybridized carbons (Fsp3) is 0.154. The largest absolute Gasteiger partial charge is 0.480 e. The van der Waals surface area contributed by atoms with Gasteiger partial charge in [0.25, 0.3) is 0 Å². The maximum absolute atomic E-state index is 11.4. The van der Waals surface area contributed by atoms with Crippen LogP contribution in [0.5, 0.6) is 0 Å². The zero-order valence-electron chi connectivity index (χ0n) is 9.82. The highest BCUT2D eigenvalue weighted by molar-refractivity contribution is 6.29. The van der Waals surface area contributed by atoms with E-state index in [1.807, 2.05) is 24.3 Å². The van der Waals surface area contributed by atoms with Crippen molar-refractivity contribution in [2.24, 2.45) is 0 Å². The summed E-state index contributed by atoms with van der Waals surface area (Å²) in [5, 5.41) is 17.4. The van der Waals surface area contributed by atoms with E-state index in [4.69, 9.17) is 11.6 Å². The van der Waals surface area contributed by atoms with Gasteiger partial charge in [0, 0.05) is 12.1 Å². The average Bonchev–Trinajstić information content (AvgIpc) is 2.79. The van der Waals surface area contributed by atoms with Crippen molar-refractivity contribution in [1.82, 2.24) is 10.2 Å². The summed E-state index contributed by atoms with van der Waals surface area (Å²) < 4.78 is 0. The molecule has 1 aromatic heterocycles. The van der Waals surface area contributed by atoms with Crippen molar-refractivity contribution in [3.63, 3.8) is 0 Å². The maximum atomic E-state index is 11.4. The minimum absolute atomic E-state index is 0.281. The number of hydrogen-bond acceptors (Lipinski definition) is 4. The molecule has 0 radical (unpaired) electrons. The molecule has 0 saturated heterocycles. The van der Waals surface area contributed by atoms with E-state index in [9.17, 15) is 9.90 Å². The third kappa shape index (κ3) is 2.02. The minimum atomic E-state index is -0.882. The van der Waals surface area contributed by atoms with Gasteiger partial charge in [0.05, 0.1) is 0 Å². The molecule has 3 rings (SSSR count). The summed E-state index contributed by atoms with van der Waals surface area (Å²) in [5.74, 6) is -0.394. The summed E-state index contributed by atoms with van der Waals surface area (Å²) in [5.41, 5.74) is 1.85. The average molecular weight is 276 g/mol. The van der Waals surface area contributed by atoms with Crippen molar-refractivity contribution in [2.75, 3.05) is 4.90 Å². The Hall–Kier alpha value is -2.14. The molecule has 0 fully saturated rings. The van der Waals surface area contributed by atoms with Crippen LogP contribution in [0.3, 0.4) is 0 Å². The maximum Gasteiger partial charge on any atom is 0.327 e. The number of carboxylic acid groups (broad SMARTS) is 1. The van der Waals surface area contributed by atoms with Crippen molar-refractivity contribution < 1.29 is 9.90 Å². The van der Waals surface area contributed by atoms with E-state index in [1.54, 1.807) is 17.0 Å². The molecule has 0 saturated carbocycles. The normalized spacial score (nSPS) is 17.3. The van der Waals surface area contributed by atoms with Crippen molar-refractivity contribution >= 4 is 29.1 Å². The van der Waals surface area contributed by atoms with Crippen LogP contribution in [0.4, 0.5) is 11.5 Å². The van der Waals surface area contributed by atoms with Gasteiger partial charge in [-0.2, -0.15) is 0 Å². The summed E-state index contributed by atoms with van der Waals surface area (Å²) >= 11 is 5.71. The van der Waals surface area contributed by atoms with E-state index < -0.39 is 12.0 Å². The second-order valence-electron chi connectivity index (χ2n) is 4.27. The number of halogens is 1. The Bertz CT molecular complexity index is 630. The minimum Gasteiger partial charge on any atom is -0.480 e. The number of carbonyl (C=O) groups is 1. The Kier molecular flexibility index (Phi) is 2.83. The highest BCUT2D eigenvalue weighted by atomic mass is 35.5. The molecule has 0 spiro atoms. The quantitative estimate of drug-likeness (QED) is 0.911. The lowest BCUT2D eigenvalue weighted by molar-refractivity contribution is -0.138. The molecule has 2 heterocycles. The second kappa shape index (κ2) is 4.51. The predicted molar refractivity (Wildman–Crippen MR) is 70.8 cm³/mol. The van der Waals surface area contributed by atoms with Crippen LogP contribution in [0.2, 0.25) is 5.15 Å². The molecule has 2 aromatic rings. The number of para-hydroxylation sites is 1. The molecular formula is C13H10ClN3O2. The summed E-state index contributed by atoms with van der Waals surface area (Å²) in [6, 6.07) is 10.2. The van der Waals surface area contributed by atoms with Gasteiger partial charge in [0.1, 0.15) is 6.04 Å². The van der Waals surface area contributed by atoms with Crippen LogP contribution in [0.25, 0.3) is 0 Å². The Labute approximate surface area is 114 Å². The molecule has 0 amide bonds. The van der Waals surface area contributed by atoms with E-state index in [0.717, 1.165) is 11.3 Å². The second-order valence-corrected chi connectivity index (χ2v) is 4.66. The Balaban J connectivity index is 2.09. The third-order valence-corrected chi connectivity index (χ3v) is 3.33. The number of fused-ring (bicyclic) bond motifs is 1. The van der Waals surface area contributed by atoms with Crippen LogP contribution < -0.4 is 4.90 Å². The number of nitrogens with zero attached hydrogens (tertiary/aromatic N) is 3. The van der Waals surface area contributed by atoms with Crippen LogP contribution in [0.1, 0.15) is 5.56 Å². The Morgan fingerprint density at radius 1 is 1.26 bits per heavy atom. The van der Waals surface area contributed by atoms with Gasteiger partial charge < -0.3 is 10.0 Å². The molecule has 5 nitrogen and oxygen atoms in total. The van der Waals surface area contributed by atoms with Crippen molar-refractivity contribution in [2.45, 2.75) is 12.5 Å². The molecule has 1 atom stereocenters. The molecule has 1 aliphatic heterocycles. The van der Waals surface area contributed by atoms with Crippen LogP contribution in [0, 0.1) is 0 Å². The van der Waals surface area contributed by atoms with Crippen LogP contribution in [-0.2, 0) is 11.2 Å². The molecule has 1 N–H and O–H groups in total. The standard InChI is InChI=1S/C13H10ClN3O2/c14-11-5-6-12(16-15-11)17-9-4-2-1-3-8(9)7-10(17)13(18)19/h1-6,10H,7H2,(H,18,19). The predicted octanol–water partition coefficient (Wildman–Crippen LogP) is 2.28. The van der Waals surface area contributed by atoms with Gasteiger partial charge >= 0.3 is 5.97 Å². The van der Waals surface area contributed by atoms with Gasteiger partial charge in [-0.1, -0.05) is 29.8 Å². The van der Waals surface area contributed by atoms with Gasteiger partial charge in [-0.25, -0.2) is 4.79 Å². The van der Waals surface area contributed by atoms with E-state index in [2.05, 4.69) is 10.2 Å². The highest BCUT2D eigenvalue weighted by Gasteiger charge is 2.36. The zero-order valence-corrected chi connectivity index (χ0v) is 10.6. The first-order chi connectivity index (χ1) is 9.16. The lowest BCUT2D eigenvalue weighted by Crippen LogP contribution is -2.35. The van der Waals surface area contributed by atoms with Gasteiger partial charge in [0.2, 0.25) is 0 Å². The number of aromatic nitrogens is 2. The van der Waals surface area contributed by atoms with Gasteiger partial charge in [-0.05, 0) is 23.8 Å². The molecule has 19 heavy (non-hydrogen) atoms. The molecule has 1 aromatic carbocycles. The van der Waals surface area contributed by atoms with E-state index in [0.29, 0.717) is 12.2 Å². The molecule has 0 aliphatic carbocycles. The summed E-state index contributed by atoms with van der Waals surface area (Å²) in [4.78, 5) is 13.1. The smallest absolute Gasteiger partial charge is 0.327 e. The number of anilines is 2. The number of benzene rings is 1. The monoisotopic (exact) mass is 275 g/mol. The molecule has 0 bridgehead atoms. The third-order valence-electron chi connectivity index (χ3n) is 3.13. The lowest BCUT2D eigenvalue weighted by Gasteiger charge is -2.22. The van der Waals surface area contributed by atoms with Crippen molar-refractivity contribution in [3.05, 3.63) is 47.1 Å². The molecule has 1 unspecified atom stereocenters. The van der Waals surface area contributed by atoms with Crippen LogP contribution in [-0.4, -0.2) is 27.3 Å². The van der Waals surface area contributed by atoms with Crippen LogP contribution >= 0.6 is 11.6 Å². The van der Waals surface area contributed by atoms with E-state index in [-0.39, 0.29) is 5.15 Å². The van der Waals surface area contributed by atoms with Crippen molar-refractivity contribution in [1.29, 1.82) is 0 Å². The first-order valence-corrected chi connectivity index (χ1v) is 6.14. The Morgan fingerprint density at radius 2 is 2.05 bits per heavy atom. The van der Waals surface area contributed by atoms with Crippen LogP contribution in [0.15, 0.2) is 36.4 Å². The van der Waals surface area contributed by atoms with Gasteiger partial charge in [-0.3, -0.25) is 0 Å². The zero-order chi connectivity index (χ0) is 13.4. The van der Waals surface area contributed by atoms with Crippen molar-refractivity contribution in [3.8, 4) is 0 Å². The molecule has 96 valence electrons. The summed E-state index contributed by atoms with van der Waals surface area (Å²) in [6.07, 6.45) is 0.454. The fourth-order valence-corrected chi connectivity index (χ4v) is 2.40. The van der Waals surface area contributed by atoms with E-state index >= 15 is 0 Å².